The van der Waals surface area contributed by atoms with Gasteiger partial charge >= 0.3 is 0 Å². The number of nitrogens with zero attached hydrogens (tertiary/aromatic N) is 1. The Morgan fingerprint density at radius 2 is 2.06 bits per heavy atom. The fraction of sp³-hybridized carbons (Fsp3) is 0.440. The van der Waals surface area contributed by atoms with Gasteiger partial charge in [0.1, 0.15) is 11.9 Å². The fourth-order valence-electron chi connectivity index (χ4n) is 3.53. The van der Waals surface area contributed by atoms with Crippen LogP contribution in [0.4, 0.5) is 0 Å². The summed E-state index contributed by atoms with van der Waals surface area (Å²) < 4.78 is 11.6. The van der Waals surface area contributed by atoms with E-state index in [1.165, 1.54) is 0 Å². The van der Waals surface area contributed by atoms with Crippen molar-refractivity contribution in [2.75, 3.05) is 33.4 Å². The average Bonchev–Trinajstić information content (AvgIpc) is 3.31. The first-order valence-corrected chi connectivity index (χ1v) is 11.3. The van der Waals surface area contributed by atoms with Crippen LogP contribution in [0.15, 0.2) is 47.5 Å². The monoisotopic (exact) mass is 566 g/mol. The Balaban J connectivity index is 0.00000385. The van der Waals surface area contributed by atoms with Gasteiger partial charge < -0.3 is 25.4 Å². The van der Waals surface area contributed by atoms with Crippen molar-refractivity contribution in [3.8, 4) is 5.75 Å². The zero-order valence-electron chi connectivity index (χ0n) is 19.6. The van der Waals surface area contributed by atoms with Crippen LogP contribution in [0.5, 0.6) is 5.75 Å². The molecule has 1 atom stereocenters. The van der Waals surface area contributed by atoms with E-state index < -0.39 is 0 Å². The summed E-state index contributed by atoms with van der Waals surface area (Å²) >= 11 is 0. The summed E-state index contributed by atoms with van der Waals surface area (Å²) in [6.07, 6.45) is 1.81. The molecule has 1 fully saturated rings. The molecule has 3 N–H and O–H groups in total. The third-order valence-electron chi connectivity index (χ3n) is 5.28. The first kappa shape index (κ1) is 26.9. The van der Waals surface area contributed by atoms with Gasteiger partial charge in [-0.2, -0.15) is 0 Å². The number of ether oxygens (including phenoxy) is 2. The molecule has 0 bridgehead atoms. The number of hydrogen-bond donors (Lipinski definition) is 3. The Kier molecular flexibility index (Phi) is 11.5. The van der Waals surface area contributed by atoms with Gasteiger partial charge in [0.2, 0.25) is 0 Å². The molecule has 1 saturated heterocycles. The number of carbonyl (C=O) groups is 1. The summed E-state index contributed by atoms with van der Waals surface area (Å²) in [7, 11) is 1.64. The highest BCUT2D eigenvalue weighted by Gasteiger charge is 2.18. The highest BCUT2D eigenvalue weighted by molar-refractivity contribution is 14.0. The van der Waals surface area contributed by atoms with Crippen molar-refractivity contribution in [2.45, 2.75) is 39.3 Å². The lowest BCUT2D eigenvalue weighted by molar-refractivity contribution is 0.0963. The van der Waals surface area contributed by atoms with Gasteiger partial charge in [-0.3, -0.25) is 4.79 Å². The second kappa shape index (κ2) is 14.0. The van der Waals surface area contributed by atoms with Gasteiger partial charge in [0, 0.05) is 37.7 Å². The summed E-state index contributed by atoms with van der Waals surface area (Å²) in [4.78, 5) is 16.6. The summed E-state index contributed by atoms with van der Waals surface area (Å²) in [6, 6.07) is 13.9. The van der Waals surface area contributed by atoms with E-state index in [1.807, 2.05) is 31.2 Å². The molecule has 2 aromatic carbocycles. The number of aliphatic imine (C=N–C) groups is 1. The molecule has 1 amide bonds. The van der Waals surface area contributed by atoms with Gasteiger partial charge in [-0.05, 0) is 49.6 Å². The normalized spacial score (nSPS) is 15.5. The van der Waals surface area contributed by atoms with Gasteiger partial charge in [0.15, 0.2) is 5.96 Å². The molecule has 0 aliphatic carbocycles. The molecule has 1 aliphatic heterocycles. The summed E-state index contributed by atoms with van der Waals surface area (Å²) in [5, 5.41) is 9.34. The van der Waals surface area contributed by atoms with Crippen molar-refractivity contribution in [3.05, 3.63) is 64.7 Å². The predicted octanol–water partition coefficient (Wildman–Crippen LogP) is 3.44. The predicted molar refractivity (Wildman–Crippen MR) is 143 cm³/mol. The highest BCUT2D eigenvalue weighted by atomic mass is 127. The van der Waals surface area contributed by atoms with Crippen LogP contribution in [0.3, 0.4) is 0 Å². The molecular formula is C25H35IN4O3. The molecule has 0 aromatic heterocycles. The standard InChI is InChI=1S/C25H34N4O3.HI/c1-4-27-25(28-12-10-19-6-5-7-20(15-19)24(30)26-3)29-16-21-9-8-18(2)14-23(21)32-22-11-13-31-17-22;/h5-9,14-15,22H,4,10-13,16-17H2,1-3H3,(H,26,30)(H2,27,28,29);1H. The van der Waals surface area contributed by atoms with Gasteiger partial charge in [-0.1, -0.05) is 24.3 Å². The van der Waals surface area contributed by atoms with Gasteiger partial charge in [0.25, 0.3) is 5.91 Å². The maximum Gasteiger partial charge on any atom is 0.251 e. The number of halogens is 1. The lowest BCUT2D eigenvalue weighted by atomic mass is 10.1. The zero-order chi connectivity index (χ0) is 22.8. The topological polar surface area (TPSA) is 84.0 Å². The number of aryl methyl sites for hydroxylation is 1. The molecule has 2 aromatic rings. The van der Waals surface area contributed by atoms with Crippen molar-refractivity contribution in [1.82, 2.24) is 16.0 Å². The van der Waals surface area contributed by atoms with Crippen molar-refractivity contribution in [3.63, 3.8) is 0 Å². The summed E-state index contributed by atoms with van der Waals surface area (Å²) in [5.41, 5.74) is 3.99. The Bertz CT molecular complexity index is 930. The van der Waals surface area contributed by atoms with Crippen molar-refractivity contribution >= 4 is 35.8 Å². The summed E-state index contributed by atoms with van der Waals surface area (Å²) in [6.45, 7) is 7.51. The lowest BCUT2D eigenvalue weighted by Gasteiger charge is -2.16. The zero-order valence-corrected chi connectivity index (χ0v) is 22.0. The lowest BCUT2D eigenvalue weighted by Crippen LogP contribution is -2.38. The second-order valence-corrected chi connectivity index (χ2v) is 7.87. The molecule has 1 aliphatic rings. The highest BCUT2D eigenvalue weighted by Crippen LogP contribution is 2.24. The molecule has 0 saturated carbocycles. The molecule has 180 valence electrons. The van der Waals surface area contributed by atoms with E-state index in [0.717, 1.165) is 54.4 Å². The molecule has 7 nitrogen and oxygen atoms in total. The average molecular weight is 566 g/mol. The minimum Gasteiger partial charge on any atom is -0.488 e. The van der Waals surface area contributed by atoms with Crippen LogP contribution in [0.25, 0.3) is 0 Å². The number of carbonyl (C=O) groups excluding carboxylic acids is 1. The molecule has 1 heterocycles. The smallest absolute Gasteiger partial charge is 0.251 e. The first-order chi connectivity index (χ1) is 15.6. The molecule has 33 heavy (non-hydrogen) atoms. The van der Waals surface area contributed by atoms with E-state index in [0.29, 0.717) is 25.3 Å². The van der Waals surface area contributed by atoms with E-state index >= 15 is 0 Å². The number of hydrogen-bond acceptors (Lipinski definition) is 4. The van der Waals surface area contributed by atoms with Crippen molar-refractivity contribution in [2.24, 2.45) is 4.99 Å². The van der Waals surface area contributed by atoms with E-state index in [9.17, 15) is 4.79 Å². The van der Waals surface area contributed by atoms with Gasteiger partial charge in [-0.25, -0.2) is 4.99 Å². The SMILES string of the molecule is CCNC(=NCc1ccc(C)cc1OC1CCOC1)NCCc1cccc(C(=O)NC)c1.I. The van der Waals surface area contributed by atoms with Crippen LogP contribution in [0.1, 0.15) is 40.4 Å². The molecule has 3 rings (SSSR count). The Morgan fingerprint density at radius 1 is 1.21 bits per heavy atom. The van der Waals surface area contributed by atoms with E-state index in [2.05, 4.69) is 41.1 Å². The number of nitrogens with one attached hydrogen (secondary N) is 3. The molecular weight excluding hydrogens is 531 g/mol. The van der Waals surface area contributed by atoms with Gasteiger partial charge in [0.05, 0.1) is 19.8 Å². The maximum absolute atomic E-state index is 11.8. The van der Waals surface area contributed by atoms with Crippen LogP contribution < -0.4 is 20.7 Å². The van der Waals surface area contributed by atoms with Crippen LogP contribution >= 0.6 is 24.0 Å². The molecule has 0 radical (unpaired) electrons. The van der Waals surface area contributed by atoms with Crippen LogP contribution in [-0.2, 0) is 17.7 Å². The van der Waals surface area contributed by atoms with E-state index in [4.69, 9.17) is 14.5 Å². The van der Waals surface area contributed by atoms with Crippen LogP contribution in [-0.4, -0.2) is 51.3 Å². The van der Waals surface area contributed by atoms with Crippen molar-refractivity contribution < 1.29 is 14.3 Å². The molecule has 8 heteroatoms. The number of amides is 1. The summed E-state index contributed by atoms with van der Waals surface area (Å²) in [5.74, 6) is 1.56. The van der Waals surface area contributed by atoms with E-state index in [-0.39, 0.29) is 36.0 Å². The largest absolute Gasteiger partial charge is 0.488 e. The third kappa shape index (κ3) is 8.51. The Morgan fingerprint density at radius 3 is 2.79 bits per heavy atom. The Labute approximate surface area is 213 Å². The number of benzene rings is 2. The minimum atomic E-state index is -0.0741. The van der Waals surface area contributed by atoms with Crippen molar-refractivity contribution in [1.29, 1.82) is 0 Å². The molecule has 1 unspecified atom stereocenters. The van der Waals surface area contributed by atoms with Crippen LogP contribution in [0, 0.1) is 6.92 Å². The van der Waals surface area contributed by atoms with Gasteiger partial charge in [-0.15, -0.1) is 24.0 Å². The first-order valence-electron chi connectivity index (χ1n) is 11.3. The van der Waals surface area contributed by atoms with Crippen LogP contribution in [0.2, 0.25) is 0 Å². The minimum absolute atomic E-state index is 0. The molecule has 0 spiro atoms. The quantitative estimate of drug-likeness (QED) is 0.246. The fourth-order valence-corrected chi connectivity index (χ4v) is 3.53. The number of guanidine groups is 1. The van der Waals surface area contributed by atoms with E-state index in [1.54, 1.807) is 7.05 Å². The third-order valence-corrected chi connectivity index (χ3v) is 5.28. The second-order valence-electron chi connectivity index (χ2n) is 7.87. The maximum atomic E-state index is 11.8. The Hall–Kier alpha value is -2.33. The number of rotatable bonds is 9.